The molecule has 0 bridgehead atoms. The molecule has 0 spiro atoms. The smallest absolute Gasteiger partial charge is 0.225 e. The Balaban J connectivity index is 1.97. The minimum Gasteiger partial charge on any atom is -0.326 e. The number of thioether (sulfide) groups is 1. The molecule has 6 heteroatoms. The van der Waals surface area contributed by atoms with Gasteiger partial charge in [-0.05, 0) is 24.6 Å². The van der Waals surface area contributed by atoms with Gasteiger partial charge in [0.25, 0.3) is 0 Å². The van der Waals surface area contributed by atoms with E-state index in [0.717, 1.165) is 29.3 Å². The maximum atomic E-state index is 12.1. The maximum absolute atomic E-state index is 12.1. The molecule has 2 amide bonds. The zero-order valence-electron chi connectivity index (χ0n) is 12.4. The first kappa shape index (κ1) is 15.9. The molecule has 1 aromatic rings. The Morgan fingerprint density at radius 1 is 1.38 bits per heavy atom. The highest BCUT2D eigenvalue weighted by Crippen LogP contribution is 2.21. The molecule has 1 unspecified atom stereocenters. The summed E-state index contributed by atoms with van der Waals surface area (Å²) in [4.78, 5) is 23.2. The van der Waals surface area contributed by atoms with E-state index < -0.39 is 0 Å². The van der Waals surface area contributed by atoms with Crippen LogP contribution in [0.1, 0.15) is 18.9 Å². The lowest BCUT2D eigenvalue weighted by molar-refractivity contribution is -0.116. The molecule has 0 aliphatic carbocycles. The molecule has 114 valence electrons. The first-order chi connectivity index (χ1) is 10.0. The SMILES string of the molecule is CC(=O)Nc1ccc(C)c(NC(=O)CC2CSCCN2)c1. The molecule has 0 radical (unpaired) electrons. The molecule has 0 saturated carbocycles. The fourth-order valence-electron chi connectivity index (χ4n) is 2.21. The van der Waals surface area contributed by atoms with Crippen molar-refractivity contribution in [1.82, 2.24) is 5.32 Å². The molecule has 1 aliphatic heterocycles. The number of benzene rings is 1. The van der Waals surface area contributed by atoms with Crippen molar-refractivity contribution >= 4 is 35.0 Å². The quantitative estimate of drug-likeness (QED) is 0.795. The third kappa shape index (κ3) is 5.06. The molecule has 3 N–H and O–H groups in total. The molecule has 1 heterocycles. The standard InChI is InChI=1S/C15H21N3O2S/c1-10-3-4-12(17-11(2)19)7-14(10)18-15(20)8-13-9-21-6-5-16-13/h3-4,7,13,16H,5-6,8-9H2,1-2H3,(H,17,19)(H,18,20). The fraction of sp³-hybridized carbons (Fsp3) is 0.467. The first-order valence-electron chi connectivity index (χ1n) is 7.04. The summed E-state index contributed by atoms with van der Waals surface area (Å²) in [6.45, 7) is 4.35. The van der Waals surface area contributed by atoms with E-state index in [1.165, 1.54) is 6.92 Å². The Morgan fingerprint density at radius 2 is 2.19 bits per heavy atom. The van der Waals surface area contributed by atoms with Gasteiger partial charge < -0.3 is 16.0 Å². The van der Waals surface area contributed by atoms with Crippen LogP contribution >= 0.6 is 11.8 Å². The second-order valence-corrected chi connectivity index (χ2v) is 6.34. The van der Waals surface area contributed by atoms with Crippen LogP contribution in [0.15, 0.2) is 18.2 Å². The number of hydrogen-bond donors (Lipinski definition) is 3. The molecule has 2 rings (SSSR count). The molecular formula is C15H21N3O2S. The zero-order valence-corrected chi connectivity index (χ0v) is 13.2. The van der Waals surface area contributed by atoms with Crippen LogP contribution in [0, 0.1) is 6.92 Å². The highest BCUT2D eigenvalue weighted by atomic mass is 32.2. The summed E-state index contributed by atoms with van der Waals surface area (Å²) < 4.78 is 0. The van der Waals surface area contributed by atoms with Crippen molar-refractivity contribution in [2.75, 3.05) is 28.7 Å². The van der Waals surface area contributed by atoms with E-state index in [9.17, 15) is 9.59 Å². The minimum absolute atomic E-state index is 0.00178. The summed E-state index contributed by atoms with van der Waals surface area (Å²) in [5, 5.41) is 9.00. The molecule has 1 aromatic carbocycles. The van der Waals surface area contributed by atoms with Crippen LogP contribution in [0.2, 0.25) is 0 Å². The third-order valence-electron chi connectivity index (χ3n) is 3.26. The summed E-state index contributed by atoms with van der Waals surface area (Å²) in [7, 11) is 0. The Kier molecular flexibility index (Phi) is 5.64. The van der Waals surface area contributed by atoms with E-state index in [2.05, 4.69) is 16.0 Å². The normalized spacial score (nSPS) is 18.1. The Labute approximate surface area is 129 Å². The van der Waals surface area contributed by atoms with Gasteiger partial charge in [0.05, 0.1) is 0 Å². The number of amides is 2. The highest BCUT2D eigenvalue weighted by molar-refractivity contribution is 7.99. The van der Waals surface area contributed by atoms with Gasteiger partial charge in [-0.3, -0.25) is 9.59 Å². The van der Waals surface area contributed by atoms with Crippen LogP contribution in [0.3, 0.4) is 0 Å². The lowest BCUT2D eigenvalue weighted by Crippen LogP contribution is -2.39. The monoisotopic (exact) mass is 307 g/mol. The Bertz CT molecular complexity index is 528. The van der Waals surface area contributed by atoms with Crippen LogP contribution in [0.25, 0.3) is 0 Å². The number of carbonyl (C=O) groups excluding carboxylic acids is 2. The zero-order chi connectivity index (χ0) is 15.2. The second-order valence-electron chi connectivity index (χ2n) is 5.19. The first-order valence-corrected chi connectivity index (χ1v) is 8.19. The molecule has 21 heavy (non-hydrogen) atoms. The number of hydrogen-bond acceptors (Lipinski definition) is 4. The van der Waals surface area contributed by atoms with E-state index in [4.69, 9.17) is 0 Å². The van der Waals surface area contributed by atoms with Gasteiger partial charge in [-0.15, -0.1) is 0 Å². The summed E-state index contributed by atoms with van der Waals surface area (Å²) in [5.41, 5.74) is 2.41. The van der Waals surface area contributed by atoms with Crippen LogP contribution in [0.5, 0.6) is 0 Å². The van der Waals surface area contributed by atoms with Crippen LogP contribution < -0.4 is 16.0 Å². The number of carbonyl (C=O) groups is 2. The average Bonchev–Trinajstić information content (AvgIpc) is 2.43. The Morgan fingerprint density at radius 3 is 2.86 bits per heavy atom. The van der Waals surface area contributed by atoms with Gasteiger partial charge in [-0.25, -0.2) is 0 Å². The van der Waals surface area contributed by atoms with E-state index >= 15 is 0 Å². The van der Waals surface area contributed by atoms with E-state index in [-0.39, 0.29) is 17.9 Å². The molecule has 1 aliphatic rings. The van der Waals surface area contributed by atoms with E-state index in [1.54, 1.807) is 6.07 Å². The van der Waals surface area contributed by atoms with Crippen molar-refractivity contribution in [3.8, 4) is 0 Å². The van der Waals surface area contributed by atoms with Crippen LogP contribution in [-0.4, -0.2) is 35.9 Å². The largest absolute Gasteiger partial charge is 0.326 e. The topological polar surface area (TPSA) is 70.2 Å². The summed E-state index contributed by atoms with van der Waals surface area (Å²) in [6.07, 6.45) is 0.469. The third-order valence-corrected chi connectivity index (χ3v) is 4.39. The molecule has 0 aromatic heterocycles. The van der Waals surface area contributed by atoms with Crippen molar-refractivity contribution in [1.29, 1.82) is 0 Å². The van der Waals surface area contributed by atoms with Gasteiger partial charge in [-0.2, -0.15) is 11.8 Å². The van der Waals surface area contributed by atoms with E-state index in [0.29, 0.717) is 12.1 Å². The van der Waals surface area contributed by atoms with Gasteiger partial charge in [0.15, 0.2) is 0 Å². The Hall–Kier alpha value is -1.53. The van der Waals surface area contributed by atoms with Gasteiger partial charge in [0.2, 0.25) is 11.8 Å². The summed E-state index contributed by atoms with van der Waals surface area (Å²) in [5.74, 6) is 1.95. The molecular weight excluding hydrogens is 286 g/mol. The maximum Gasteiger partial charge on any atom is 0.225 e. The predicted molar refractivity (Wildman–Crippen MR) is 87.8 cm³/mol. The summed E-state index contributed by atoms with van der Waals surface area (Å²) >= 11 is 1.87. The number of aryl methyl sites for hydroxylation is 1. The van der Waals surface area contributed by atoms with Crippen molar-refractivity contribution < 1.29 is 9.59 Å². The van der Waals surface area contributed by atoms with E-state index in [1.807, 2.05) is 30.8 Å². The van der Waals surface area contributed by atoms with Gasteiger partial charge >= 0.3 is 0 Å². The number of rotatable bonds is 4. The summed E-state index contributed by atoms with van der Waals surface area (Å²) in [6, 6.07) is 5.74. The number of nitrogens with one attached hydrogen (secondary N) is 3. The molecule has 5 nitrogen and oxygen atoms in total. The van der Waals surface area contributed by atoms with Gasteiger partial charge in [-0.1, -0.05) is 6.07 Å². The number of anilines is 2. The van der Waals surface area contributed by atoms with Gasteiger partial charge in [0, 0.05) is 48.8 Å². The lowest BCUT2D eigenvalue weighted by atomic mass is 10.1. The average molecular weight is 307 g/mol. The second kappa shape index (κ2) is 7.47. The van der Waals surface area contributed by atoms with Crippen molar-refractivity contribution in [3.63, 3.8) is 0 Å². The lowest BCUT2D eigenvalue weighted by Gasteiger charge is -2.22. The predicted octanol–water partition coefficient (Wildman–Crippen LogP) is 1.99. The van der Waals surface area contributed by atoms with Crippen LogP contribution in [-0.2, 0) is 9.59 Å². The highest BCUT2D eigenvalue weighted by Gasteiger charge is 2.17. The fourth-order valence-corrected chi connectivity index (χ4v) is 3.16. The molecule has 1 saturated heterocycles. The molecule has 1 atom stereocenters. The van der Waals surface area contributed by atoms with Crippen molar-refractivity contribution in [2.24, 2.45) is 0 Å². The van der Waals surface area contributed by atoms with Crippen LogP contribution in [0.4, 0.5) is 11.4 Å². The van der Waals surface area contributed by atoms with Gasteiger partial charge in [0.1, 0.15) is 0 Å². The minimum atomic E-state index is -0.125. The van der Waals surface area contributed by atoms with Crippen molar-refractivity contribution in [2.45, 2.75) is 26.3 Å². The van der Waals surface area contributed by atoms with Crippen molar-refractivity contribution in [3.05, 3.63) is 23.8 Å². The molecule has 1 fully saturated rings.